The number of ether oxygens (including phenoxy) is 1. The molecule has 3 atom stereocenters. The van der Waals surface area contributed by atoms with Gasteiger partial charge in [0.2, 0.25) is 5.91 Å². The number of imidazole rings is 1. The summed E-state index contributed by atoms with van der Waals surface area (Å²) in [6.45, 7) is 0. The van der Waals surface area contributed by atoms with Gasteiger partial charge in [-0.1, -0.05) is 12.1 Å². The first kappa shape index (κ1) is 17.3. The highest BCUT2D eigenvalue weighted by atomic mass is 16.5. The number of hydrogen-bond acceptors (Lipinski definition) is 4. The topological polar surface area (TPSA) is 69.0 Å². The lowest BCUT2D eigenvalue weighted by molar-refractivity contribution is -0.123. The number of rotatable bonds is 6. The summed E-state index contributed by atoms with van der Waals surface area (Å²) >= 11 is 0. The average molecular weight is 362 g/mol. The molecule has 0 saturated heterocycles. The molecule has 2 heterocycles. The fourth-order valence-electron chi connectivity index (χ4n) is 3.49. The standard InChI is InChI=1S/C21H22N4O2/c1-25-11-10-23-20(25)19(15-4-3-5-16(12-15)27-2)24-21(26)18-13-17(18)14-6-8-22-9-7-14/h3-12,17-19H,13H2,1-2H3,(H,24,26)/t17-,18+,19-/m0/s1. The SMILES string of the molecule is COc1cccc([C@H](NC(=O)[C@@H]2C[C@H]2c2ccncc2)c2nccn2C)c1. The maximum absolute atomic E-state index is 12.9. The van der Waals surface area contributed by atoms with Crippen molar-refractivity contribution in [1.29, 1.82) is 0 Å². The van der Waals surface area contributed by atoms with Gasteiger partial charge in [0, 0.05) is 37.8 Å². The van der Waals surface area contributed by atoms with Crippen LogP contribution in [-0.4, -0.2) is 27.6 Å². The Morgan fingerprint density at radius 1 is 1.26 bits per heavy atom. The van der Waals surface area contributed by atoms with Gasteiger partial charge in [-0.3, -0.25) is 9.78 Å². The average Bonchev–Trinajstić information content (AvgIpc) is 3.41. The van der Waals surface area contributed by atoms with E-state index >= 15 is 0 Å². The van der Waals surface area contributed by atoms with Crippen molar-refractivity contribution in [3.8, 4) is 5.75 Å². The van der Waals surface area contributed by atoms with E-state index in [1.165, 1.54) is 5.56 Å². The Hall–Kier alpha value is -3.15. The maximum atomic E-state index is 12.9. The third kappa shape index (κ3) is 3.56. The second-order valence-electron chi connectivity index (χ2n) is 6.84. The van der Waals surface area contributed by atoms with E-state index in [1.54, 1.807) is 25.7 Å². The summed E-state index contributed by atoms with van der Waals surface area (Å²) in [6, 6.07) is 11.4. The van der Waals surface area contributed by atoms with Crippen molar-refractivity contribution in [3.05, 3.63) is 78.1 Å². The Labute approximate surface area is 158 Å². The first-order valence-electron chi connectivity index (χ1n) is 8.99. The molecular weight excluding hydrogens is 340 g/mol. The first-order chi connectivity index (χ1) is 13.2. The van der Waals surface area contributed by atoms with Crippen LogP contribution in [0.25, 0.3) is 0 Å². The van der Waals surface area contributed by atoms with E-state index in [0.717, 1.165) is 23.6 Å². The molecule has 0 aliphatic heterocycles. The molecule has 6 nitrogen and oxygen atoms in total. The number of aryl methyl sites for hydroxylation is 1. The van der Waals surface area contributed by atoms with Crippen LogP contribution in [0.15, 0.2) is 61.2 Å². The summed E-state index contributed by atoms with van der Waals surface area (Å²) < 4.78 is 7.27. The predicted molar refractivity (Wildman–Crippen MR) is 101 cm³/mol. The minimum Gasteiger partial charge on any atom is -0.497 e. The van der Waals surface area contributed by atoms with Crippen LogP contribution in [0.2, 0.25) is 0 Å². The molecule has 138 valence electrons. The van der Waals surface area contributed by atoms with Crippen LogP contribution in [0, 0.1) is 5.92 Å². The van der Waals surface area contributed by atoms with Gasteiger partial charge in [0.15, 0.2) is 0 Å². The minimum atomic E-state index is -0.328. The second-order valence-corrected chi connectivity index (χ2v) is 6.84. The number of methoxy groups -OCH3 is 1. The zero-order valence-electron chi connectivity index (χ0n) is 15.4. The van der Waals surface area contributed by atoms with Crippen molar-refractivity contribution in [2.24, 2.45) is 13.0 Å². The molecule has 27 heavy (non-hydrogen) atoms. The van der Waals surface area contributed by atoms with Gasteiger partial charge in [-0.15, -0.1) is 0 Å². The molecular formula is C21H22N4O2. The Morgan fingerprint density at radius 3 is 2.78 bits per heavy atom. The largest absolute Gasteiger partial charge is 0.497 e. The molecule has 0 radical (unpaired) electrons. The molecule has 0 unspecified atom stereocenters. The van der Waals surface area contributed by atoms with Gasteiger partial charge < -0.3 is 14.6 Å². The van der Waals surface area contributed by atoms with Crippen LogP contribution in [0.4, 0.5) is 0 Å². The maximum Gasteiger partial charge on any atom is 0.224 e. The molecule has 1 aromatic carbocycles. The fourth-order valence-corrected chi connectivity index (χ4v) is 3.49. The van der Waals surface area contributed by atoms with E-state index in [2.05, 4.69) is 15.3 Å². The van der Waals surface area contributed by atoms with E-state index in [9.17, 15) is 4.79 Å². The Bertz CT molecular complexity index is 938. The van der Waals surface area contributed by atoms with E-state index in [-0.39, 0.29) is 23.8 Å². The van der Waals surface area contributed by atoms with Crippen molar-refractivity contribution in [2.45, 2.75) is 18.4 Å². The van der Waals surface area contributed by atoms with Crippen LogP contribution >= 0.6 is 0 Å². The summed E-state index contributed by atoms with van der Waals surface area (Å²) in [5.74, 6) is 1.84. The predicted octanol–water partition coefficient (Wildman–Crippen LogP) is 2.83. The van der Waals surface area contributed by atoms with Gasteiger partial charge in [0.05, 0.1) is 7.11 Å². The lowest BCUT2D eigenvalue weighted by Gasteiger charge is -2.20. The number of amides is 1. The summed E-state index contributed by atoms with van der Waals surface area (Å²) in [7, 11) is 3.57. The smallest absolute Gasteiger partial charge is 0.224 e. The van der Waals surface area contributed by atoms with Crippen molar-refractivity contribution in [2.75, 3.05) is 7.11 Å². The molecule has 1 saturated carbocycles. The molecule has 3 aromatic rings. The highest BCUT2D eigenvalue weighted by Crippen LogP contribution is 2.47. The molecule has 2 aromatic heterocycles. The van der Waals surface area contributed by atoms with E-state index in [4.69, 9.17) is 4.74 Å². The van der Waals surface area contributed by atoms with Crippen molar-refractivity contribution < 1.29 is 9.53 Å². The molecule has 1 N–H and O–H groups in total. The van der Waals surface area contributed by atoms with Gasteiger partial charge in [0.1, 0.15) is 17.6 Å². The number of aromatic nitrogens is 3. The minimum absolute atomic E-state index is 0.0132. The number of carbonyl (C=O) groups excluding carboxylic acids is 1. The van der Waals surface area contributed by atoms with E-state index in [0.29, 0.717) is 0 Å². The van der Waals surface area contributed by atoms with Gasteiger partial charge in [-0.2, -0.15) is 0 Å². The number of carbonyl (C=O) groups is 1. The van der Waals surface area contributed by atoms with Gasteiger partial charge >= 0.3 is 0 Å². The van der Waals surface area contributed by atoms with Crippen LogP contribution < -0.4 is 10.1 Å². The molecule has 4 rings (SSSR count). The first-order valence-corrected chi connectivity index (χ1v) is 8.99. The van der Waals surface area contributed by atoms with Crippen LogP contribution in [-0.2, 0) is 11.8 Å². The molecule has 1 aliphatic carbocycles. The van der Waals surface area contributed by atoms with Crippen molar-refractivity contribution in [3.63, 3.8) is 0 Å². The third-order valence-corrected chi connectivity index (χ3v) is 5.09. The summed E-state index contributed by atoms with van der Waals surface area (Å²) in [5, 5.41) is 3.20. The van der Waals surface area contributed by atoms with Gasteiger partial charge in [-0.05, 0) is 47.7 Å². The van der Waals surface area contributed by atoms with Crippen LogP contribution in [0.5, 0.6) is 5.75 Å². The number of nitrogens with one attached hydrogen (secondary N) is 1. The summed E-state index contributed by atoms with van der Waals surface area (Å²) in [6.07, 6.45) is 8.03. The van der Waals surface area contributed by atoms with Gasteiger partial charge in [0.25, 0.3) is 0 Å². The second kappa shape index (κ2) is 7.23. The Balaban J connectivity index is 1.57. The Kier molecular flexibility index (Phi) is 4.62. The summed E-state index contributed by atoms with van der Waals surface area (Å²) in [5.41, 5.74) is 2.11. The lowest BCUT2D eigenvalue weighted by atomic mass is 10.0. The number of hydrogen-bond donors (Lipinski definition) is 1. The molecule has 0 spiro atoms. The van der Waals surface area contributed by atoms with Crippen molar-refractivity contribution >= 4 is 5.91 Å². The normalized spacial score (nSPS) is 19.3. The van der Waals surface area contributed by atoms with Crippen molar-refractivity contribution in [1.82, 2.24) is 19.9 Å². The molecule has 6 heteroatoms. The molecule has 1 aliphatic rings. The highest BCUT2D eigenvalue weighted by molar-refractivity contribution is 5.83. The highest BCUT2D eigenvalue weighted by Gasteiger charge is 2.44. The zero-order chi connectivity index (χ0) is 18.8. The van der Waals surface area contributed by atoms with Gasteiger partial charge in [-0.25, -0.2) is 4.98 Å². The number of nitrogens with zero attached hydrogens (tertiary/aromatic N) is 3. The number of pyridine rings is 1. The molecule has 1 fully saturated rings. The Morgan fingerprint density at radius 2 is 2.07 bits per heavy atom. The molecule has 0 bridgehead atoms. The van der Waals surface area contributed by atoms with E-state index < -0.39 is 0 Å². The van der Waals surface area contributed by atoms with Crippen LogP contribution in [0.3, 0.4) is 0 Å². The lowest BCUT2D eigenvalue weighted by Crippen LogP contribution is -2.32. The van der Waals surface area contributed by atoms with Crippen LogP contribution in [0.1, 0.15) is 35.3 Å². The summed E-state index contributed by atoms with van der Waals surface area (Å²) in [4.78, 5) is 21.4. The monoisotopic (exact) mass is 362 g/mol. The third-order valence-electron chi connectivity index (χ3n) is 5.09. The number of benzene rings is 1. The van der Waals surface area contributed by atoms with E-state index in [1.807, 2.05) is 54.2 Å². The zero-order valence-corrected chi connectivity index (χ0v) is 15.4. The fraction of sp³-hybridized carbons (Fsp3) is 0.286. The molecule has 1 amide bonds. The quantitative estimate of drug-likeness (QED) is 0.732.